The van der Waals surface area contributed by atoms with Crippen LogP contribution in [-0.4, -0.2) is 41.2 Å². The lowest BCUT2D eigenvalue weighted by atomic mass is 10.5. The molecular formula is C10H14N4O4. The summed E-state index contributed by atoms with van der Waals surface area (Å²) >= 11 is 0. The van der Waals surface area contributed by atoms with E-state index in [9.17, 15) is 14.4 Å². The molecule has 1 rings (SSSR count). The summed E-state index contributed by atoms with van der Waals surface area (Å²) in [6, 6.07) is 0. The van der Waals surface area contributed by atoms with Crippen LogP contribution in [0.5, 0.6) is 0 Å². The number of hydrogen-bond donors (Lipinski definition) is 2. The molecule has 8 nitrogen and oxygen atoms in total. The van der Waals surface area contributed by atoms with Crippen molar-refractivity contribution in [1.82, 2.24) is 15.1 Å². The number of rotatable bonds is 5. The fourth-order valence-electron chi connectivity index (χ4n) is 1.12. The minimum Gasteiger partial charge on any atom is -0.468 e. The van der Waals surface area contributed by atoms with Crippen molar-refractivity contribution in [2.45, 2.75) is 13.5 Å². The van der Waals surface area contributed by atoms with Gasteiger partial charge in [-0.1, -0.05) is 0 Å². The average Bonchev–Trinajstić information content (AvgIpc) is 2.73. The molecule has 0 aliphatic carbocycles. The van der Waals surface area contributed by atoms with E-state index in [0.29, 0.717) is 5.69 Å². The first-order valence-corrected chi connectivity index (χ1v) is 5.15. The normalized spacial score (nSPS) is 9.67. The lowest BCUT2D eigenvalue weighted by Crippen LogP contribution is -2.31. The van der Waals surface area contributed by atoms with Gasteiger partial charge in [0.05, 0.1) is 25.5 Å². The minimum absolute atomic E-state index is 0.0297. The van der Waals surface area contributed by atoms with Crippen LogP contribution in [-0.2, 0) is 25.7 Å². The highest BCUT2D eigenvalue weighted by Gasteiger charge is 2.07. The molecule has 1 aromatic rings. The predicted octanol–water partition coefficient (Wildman–Crippen LogP) is -0.869. The van der Waals surface area contributed by atoms with Crippen molar-refractivity contribution in [3.63, 3.8) is 0 Å². The summed E-state index contributed by atoms with van der Waals surface area (Å²) < 4.78 is 5.81. The number of nitrogens with zero attached hydrogens (tertiary/aromatic N) is 2. The van der Waals surface area contributed by atoms with Crippen LogP contribution in [0, 0.1) is 0 Å². The fraction of sp³-hybridized carbons (Fsp3) is 0.400. The Morgan fingerprint density at radius 2 is 2.17 bits per heavy atom. The number of anilines is 1. The van der Waals surface area contributed by atoms with Crippen LogP contribution < -0.4 is 10.6 Å². The van der Waals surface area contributed by atoms with E-state index in [4.69, 9.17) is 0 Å². The van der Waals surface area contributed by atoms with Gasteiger partial charge >= 0.3 is 5.97 Å². The smallest absolute Gasteiger partial charge is 0.327 e. The molecule has 0 aliphatic rings. The second-order valence-corrected chi connectivity index (χ2v) is 3.46. The Morgan fingerprint density at radius 3 is 2.78 bits per heavy atom. The molecule has 0 unspecified atom stereocenters. The van der Waals surface area contributed by atoms with Crippen molar-refractivity contribution >= 4 is 23.5 Å². The highest BCUT2D eigenvalue weighted by atomic mass is 16.5. The summed E-state index contributed by atoms with van der Waals surface area (Å²) in [6.07, 6.45) is 2.89. The molecule has 2 amide bonds. The molecule has 0 aromatic carbocycles. The van der Waals surface area contributed by atoms with Crippen molar-refractivity contribution in [2.24, 2.45) is 0 Å². The topological polar surface area (TPSA) is 102 Å². The molecule has 1 heterocycles. The zero-order valence-corrected chi connectivity index (χ0v) is 10.1. The average molecular weight is 254 g/mol. The molecule has 2 N–H and O–H groups in total. The molecule has 1 aromatic heterocycles. The van der Waals surface area contributed by atoms with Crippen molar-refractivity contribution in [1.29, 1.82) is 0 Å². The third kappa shape index (κ3) is 4.64. The van der Waals surface area contributed by atoms with Gasteiger partial charge in [-0.3, -0.25) is 19.1 Å². The Bertz CT molecular complexity index is 454. The van der Waals surface area contributed by atoms with E-state index in [1.165, 1.54) is 31.1 Å². The second-order valence-electron chi connectivity index (χ2n) is 3.46. The number of nitrogens with one attached hydrogen (secondary N) is 2. The molecule has 0 aliphatic heterocycles. The second kappa shape index (κ2) is 6.38. The molecular weight excluding hydrogens is 240 g/mol. The van der Waals surface area contributed by atoms with Gasteiger partial charge in [0, 0.05) is 13.1 Å². The molecule has 0 radical (unpaired) electrons. The number of aromatic nitrogens is 2. The maximum Gasteiger partial charge on any atom is 0.327 e. The fourth-order valence-corrected chi connectivity index (χ4v) is 1.12. The number of methoxy groups -OCH3 is 1. The molecule has 0 saturated heterocycles. The summed E-state index contributed by atoms with van der Waals surface area (Å²) in [4.78, 5) is 32.9. The van der Waals surface area contributed by atoms with Crippen molar-refractivity contribution in [3.05, 3.63) is 12.4 Å². The quantitative estimate of drug-likeness (QED) is 0.665. The molecule has 8 heteroatoms. The zero-order chi connectivity index (χ0) is 13.5. The standard InChI is InChI=1S/C10H14N4O4/c1-7(15)11-4-9(16)13-8-3-12-14(5-8)6-10(17)18-2/h3,5H,4,6H2,1-2H3,(H,11,15)(H,13,16). The SMILES string of the molecule is COC(=O)Cn1cc(NC(=O)CNC(C)=O)cn1. The first-order chi connectivity index (χ1) is 8.51. The molecule has 0 saturated carbocycles. The molecule has 0 bridgehead atoms. The summed E-state index contributed by atoms with van der Waals surface area (Å²) in [5.74, 6) is -1.09. The summed E-state index contributed by atoms with van der Waals surface area (Å²) in [6.45, 7) is 1.18. The molecule has 0 fully saturated rings. The lowest BCUT2D eigenvalue weighted by Gasteiger charge is -2.02. The van der Waals surface area contributed by atoms with E-state index in [1.54, 1.807) is 0 Å². The third-order valence-electron chi connectivity index (χ3n) is 1.93. The van der Waals surface area contributed by atoms with Gasteiger partial charge in [0.15, 0.2) is 0 Å². The van der Waals surface area contributed by atoms with E-state index in [-0.39, 0.29) is 24.9 Å². The third-order valence-corrected chi connectivity index (χ3v) is 1.93. The zero-order valence-electron chi connectivity index (χ0n) is 10.1. The Balaban J connectivity index is 2.46. The van der Waals surface area contributed by atoms with E-state index in [2.05, 4.69) is 20.5 Å². The number of esters is 1. The van der Waals surface area contributed by atoms with Gasteiger partial charge < -0.3 is 15.4 Å². The van der Waals surface area contributed by atoms with Gasteiger partial charge in [-0.15, -0.1) is 0 Å². The van der Waals surface area contributed by atoms with Crippen LogP contribution in [0.2, 0.25) is 0 Å². The van der Waals surface area contributed by atoms with Crippen molar-refractivity contribution < 1.29 is 19.1 Å². The maximum absolute atomic E-state index is 11.4. The van der Waals surface area contributed by atoms with Crippen LogP contribution >= 0.6 is 0 Å². The predicted molar refractivity (Wildman–Crippen MR) is 61.6 cm³/mol. The van der Waals surface area contributed by atoms with Crippen molar-refractivity contribution in [3.8, 4) is 0 Å². The van der Waals surface area contributed by atoms with E-state index >= 15 is 0 Å². The van der Waals surface area contributed by atoms with Crippen LogP contribution in [0.3, 0.4) is 0 Å². The number of amides is 2. The van der Waals surface area contributed by atoms with Crippen LogP contribution in [0.25, 0.3) is 0 Å². The highest BCUT2D eigenvalue weighted by molar-refractivity contribution is 5.94. The van der Waals surface area contributed by atoms with Crippen LogP contribution in [0.4, 0.5) is 5.69 Å². The molecule has 98 valence electrons. The van der Waals surface area contributed by atoms with Crippen LogP contribution in [0.15, 0.2) is 12.4 Å². The Morgan fingerprint density at radius 1 is 1.44 bits per heavy atom. The highest BCUT2D eigenvalue weighted by Crippen LogP contribution is 2.04. The van der Waals surface area contributed by atoms with Gasteiger partial charge in [-0.25, -0.2) is 0 Å². The maximum atomic E-state index is 11.4. The summed E-state index contributed by atoms with van der Waals surface area (Å²) in [5, 5.41) is 8.75. The Kier molecular flexibility index (Phi) is 4.85. The van der Waals surface area contributed by atoms with E-state index < -0.39 is 5.97 Å². The Hall–Kier alpha value is -2.38. The first kappa shape index (κ1) is 13.7. The number of ether oxygens (including phenoxy) is 1. The number of carbonyl (C=O) groups is 3. The largest absolute Gasteiger partial charge is 0.468 e. The van der Waals surface area contributed by atoms with E-state index in [1.807, 2.05) is 0 Å². The monoisotopic (exact) mass is 254 g/mol. The molecule has 18 heavy (non-hydrogen) atoms. The van der Waals surface area contributed by atoms with Crippen LogP contribution in [0.1, 0.15) is 6.92 Å². The van der Waals surface area contributed by atoms with E-state index in [0.717, 1.165) is 0 Å². The number of carbonyl (C=O) groups excluding carboxylic acids is 3. The van der Waals surface area contributed by atoms with Crippen molar-refractivity contribution in [2.75, 3.05) is 19.0 Å². The molecule has 0 atom stereocenters. The number of hydrogen-bond acceptors (Lipinski definition) is 5. The lowest BCUT2D eigenvalue weighted by molar-refractivity contribution is -0.141. The van der Waals surface area contributed by atoms with Gasteiger partial charge in [0.2, 0.25) is 11.8 Å². The Labute approximate surface area is 103 Å². The van der Waals surface area contributed by atoms with Gasteiger partial charge in [0.25, 0.3) is 0 Å². The van der Waals surface area contributed by atoms with Gasteiger partial charge in [-0.2, -0.15) is 5.10 Å². The summed E-state index contributed by atoms with van der Waals surface area (Å²) in [7, 11) is 1.28. The summed E-state index contributed by atoms with van der Waals surface area (Å²) in [5.41, 5.74) is 0.439. The van der Waals surface area contributed by atoms with Gasteiger partial charge in [-0.05, 0) is 0 Å². The molecule has 0 spiro atoms. The first-order valence-electron chi connectivity index (χ1n) is 5.15. The van der Waals surface area contributed by atoms with Gasteiger partial charge in [0.1, 0.15) is 6.54 Å². The minimum atomic E-state index is -0.436.